The molecule has 0 saturated heterocycles. The van der Waals surface area contributed by atoms with Crippen molar-refractivity contribution in [1.82, 2.24) is 25.5 Å². The highest BCUT2D eigenvalue weighted by molar-refractivity contribution is 7.99. The number of amides is 1. The largest absolute Gasteiger partial charge is 0.494 e. The molecule has 7 nitrogen and oxygen atoms in total. The number of tetrazole rings is 1. The smallest absolute Gasteiger partial charge is 0.230 e. The maximum Gasteiger partial charge on any atom is 0.230 e. The van der Waals surface area contributed by atoms with E-state index in [2.05, 4.69) is 20.8 Å². The topological polar surface area (TPSA) is 81.9 Å². The first kappa shape index (κ1) is 20.2. The molecule has 1 aromatic heterocycles. The number of benzene rings is 2. The molecule has 1 heterocycles. The van der Waals surface area contributed by atoms with Crippen LogP contribution in [0.3, 0.4) is 0 Å². The van der Waals surface area contributed by atoms with Gasteiger partial charge in [-0.05, 0) is 59.7 Å². The second kappa shape index (κ2) is 9.07. The fourth-order valence-corrected chi connectivity index (χ4v) is 3.55. The van der Waals surface area contributed by atoms with Crippen molar-refractivity contribution in [3.8, 4) is 11.4 Å². The highest BCUT2D eigenvalue weighted by atomic mass is 35.5. The molecule has 1 N–H and O–H groups in total. The number of carbonyl (C=O) groups excluding carboxylic acids is 1. The molecule has 0 saturated carbocycles. The molecule has 3 aromatic rings. The number of ether oxygens (including phenoxy) is 1. The van der Waals surface area contributed by atoms with Crippen LogP contribution in [0.15, 0.2) is 47.6 Å². The molecule has 28 heavy (non-hydrogen) atoms. The fraction of sp³-hybridized carbons (Fsp3) is 0.263. The number of rotatable bonds is 7. The van der Waals surface area contributed by atoms with Crippen LogP contribution < -0.4 is 10.1 Å². The Morgan fingerprint density at radius 3 is 2.89 bits per heavy atom. The van der Waals surface area contributed by atoms with E-state index in [0.29, 0.717) is 15.9 Å². The monoisotopic (exact) mass is 417 g/mol. The van der Waals surface area contributed by atoms with Crippen molar-refractivity contribution in [3.63, 3.8) is 0 Å². The average molecular weight is 418 g/mol. The van der Waals surface area contributed by atoms with Gasteiger partial charge in [0.25, 0.3) is 0 Å². The minimum atomic E-state index is -0.153. The van der Waals surface area contributed by atoms with Gasteiger partial charge >= 0.3 is 0 Å². The van der Waals surface area contributed by atoms with E-state index >= 15 is 0 Å². The second-order valence-corrected chi connectivity index (χ2v) is 7.56. The number of halogens is 1. The molecule has 0 aliphatic rings. The molecule has 2 aromatic carbocycles. The zero-order valence-electron chi connectivity index (χ0n) is 15.7. The summed E-state index contributed by atoms with van der Waals surface area (Å²) in [5.41, 5.74) is 2.72. The number of nitrogens with zero attached hydrogens (tertiary/aromatic N) is 4. The summed E-state index contributed by atoms with van der Waals surface area (Å²) in [4.78, 5) is 12.4. The van der Waals surface area contributed by atoms with Crippen molar-refractivity contribution in [3.05, 3.63) is 58.6 Å². The first-order chi connectivity index (χ1) is 13.5. The van der Waals surface area contributed by atoms with Crippen LogP contribution in [0.4, 0.5) is 0 Å². The summed E-state index contributed by atoms with van der Waals surface area (Å²) in [6.07, 6.45) is 0. The van der Waals surface area contributed by atoms with E-state index in [9.17, 15) is 4.79 Å². The van der Waals surface area contributed by atoms with E-state index in [-0.39, 0.29) is 17.7 Å². The average Bonchev–Trinajstić information content (AvgIpc) is 3.14. The van der Waals surface area contributed by atoms with Gasteiger partial charge < -0.3 is 10.1 Å². The minimum absolute atomic E-state index is 0.122. The summed E-state index contributed by atoms with van der Waals surface area (Å²) < 4.78 is 6.97. The third-order valence-electron chi connectivity index (χ3n) is 4.06. The number of methoxy groups -OCH3 is 1. The number of aromatic nitrogens is 4. The van der Waals surface area contributed by atoms with Crippen LogP contribution in [0, 0.1) is 6.92 Å². The van der Waals surface area contributed by atoms with Gasteiger partial charge in [-0.3, -0.25) is 4.79 Å². The molecular weight excluding hydrogens is 398 g/mol. The quantitative estimate of drug-likeness (QED) is 0.591. The molecule has 0 spiro atoms. The summed E-state index contributed by atoms with van der Waals surface area (Å²) in [6.45, 7) is 3.89. The number of carbonyl (C=O) groups is 1. The Bertz CT molecular complexity index is 978. The molecule has 0 unspecified atom stereocenters. The Balaban J connectivity index is 1.67. The molecule has 0 aliphatic carbocycles. The van der Waals surface area contributed by atoms with Gasteiger partial charge in [0.15, 0.2) is 0 Å². The lowest BCUT2D eigenvalue weighted by Gasteiger charge is -2.14. The van der Waals surface area contributed by atoms with Crippen molar-refractivity contribution in [2.24, 2.45) is 0 Å². The first-order valence-electron chi connectivity index (χ1n) is 8.59. The van der Waals surface area contributed by atoms with Gasteiger partial charge in [0.2, 0.25) is 11.1 Å². The van der Waals surface area contributed by atoms with E-state index < -0.39 is 0 Å². The Hall–Kier alpha value is -2.58. The third kappa shape index (κ3) is 4.82. The van der Waals surface area contributed by atoms with E-state index in [1.165, 1.54) is 11.8 Å². The summed E-state index contributed by atoms with van der Waals surface area (Å²) in [6, 6.07) is 13.0. The predicted molar refractivity (Wildman–Crippen MR) is 109 cm³/mol. The Labute approximate surface area is 172 Å². The lowest BCUT2D eigenvalue weighted by Crippen LogP contribution is -2.28. The third-order valence-corrected chi connectivity index (χ3v) is 5.22. The molecule has 146 valence electrons. The molecule has 0 aliphatic heterocycles. The first-order valence-corrected chi connectivity index (χ1v) is 9.95. The van der Waals surface area contributed by atoms with Gasteiger partial charge in [-0.25, -0.2) is 0 Å². The summed E-state index contributed by atoms with van der Waals surface area (Å²) in [7, 11) is 1.59. The van der Waals surface area contributed by atoms with Gasteiger partial charge in [0.05, 0.1) is 18.9 Å². The number of hydrogen-bond donors (Lipinski definition) is 1. The Morgan fingerprint density at radius 1 is 1.32 bits per heavy atom. The second-order valence-electron chi connectivity index (χ2n) is 6.18. The van der Waals surface area contributed by atoms with Gasteiger partial charge in [0, 0.05) is 5.02 Å². The zero-order chi connectivity index (χ0) is 20.1. The summed E-state index contributed by atoms with van der Waals surface area (Å²) >= 11 is 7.27. The van der Waals surface area contributed by atoms with Crippen LogP contribution >= 0.6 is 23.4 Å². The van der Waals surface area contributed by atoms with Crippen LogP contribution in [0.1, 0.15) is 24.1 Å². The van der Waals surface area contributed by atoms with Gasteiger partial charge in [-0.15, -0.1) is 5.10 Å². The molecule has 1 atom stereocenters. The zero-order valence-corrected chi connectivity index (χ0v) is 17.3. The van der Waals surface area contributed by atoms with Crippen LogP contribution in [0.25, 0.3) is 5.69 Å². The van der Waals surface area contributed by atoms with E-state index in [1.54, 1.807) is 17.9 Å². The number of thioether (sulfide) groups is 1. The van der Waals surface area contributed by atoms with Crippen LogP contribution in [0.5, 0.6) is 5.75 Å². The summed E-state index contributed by atoms with van der Waals surface area (Å²) in [5.74, 6) is 0.710. The molecule has 0 fully saturated rings. The predicted octanol–water partition coefficient (Wildman–Crippen LogP) is 3.60. The van der Waals surface area contributed by atoms with Crippen molar-refractivity contribution in [2.75, 3.05) is 12.9 Å². The maximum absolute atomic E-state index is 12.4. The number of aryl methyl sites for hydroxylation is 1. The van der Waals surface area contributed by atoms with E-state index in [1.807, 2.05) is 50.2 Å². The fourth-order valence-electron chi connectivity index (χ4n) is 2.66. The highest BCUT2D eigenvalue weighted by Crippen LogP contribution is 2.27. The van der Waals surface area contributed by atoms with Gasteiger partial charge in [-0.1, -0.05) is 41.6 Å². The normalized spacial score (nSPS) is 11.9. The van der Waals surface area contributed by atoms with E-state index in [0.717, 1.165) is 16.8 Å². The van der Waals surface area contributed by atoms with Crippen molar-refractivity contribution >= 4 is 29.3 Å². The number of hydrogen-bond acceptors (Lipinski definition) is 6. The lowest BCUT2D eigenvalue weighted by atomic mass is 10.1. The molecular formula is C19H20ClN5O2S. The molecule has 9 heteroatoms. The molecule has 0 bridgehead atoms. The Morgan fingerprint density at radius 2 is 2.14 bits per heavy atom. The molecule has 1 amide bonds. The van der Waals surface area contributed by atoms with Gasteiger partial charge in [0.1, 0.15) is 11.4 Å². The minimum Gasteiger partial charge on any atom is -0.494 e. The number of nitrogens with one attached hydrogen (secondary N) is 1. The molecule has 3 rings (SSSR count). The Kier molecular flexibility index (Phi) is 6.53. The van der Waals surface area contributed by atoms with Crippen molar-refractivity contribution < 1.29 is 9.53 Å². The van der Waals surface area contributed by atoms with Crippen LogP contribution in [-0.4, -0.2) is 39.0 Å². The molecule has 0 radical (unpaired) electrons. The van der Waals surface area contributed by atoms with Gasteiger partial charge in [-0.2, -0.15) is 4.68 Å². The summed E-state index contributed by atoms with van der Waals surface area (Å²) in [5, 5.41) is 15.9. The highest BCUT2D eigenvalue weighted by Gasteiger charge is 2.16. The van der Waals surface area contributed by atoms with Crippen molar-refractivity contribution in [1.29, 1.82) is 0 Å². The SMILES string of the molecule is COc1ccc(C)cc1-n1nnnc1SCC(=O)N[C@H](C)c1cccc(Cl)c1. The standard InChI is InChI=1S/C19H20ClN5O2S/c1-12-7-8-17(27-3)16(9-12)25-19(22-23-24-25)28-11-18(26)21-13(2)14-5-4-6-15(20)10-14/h4-10,13H,11H2,1-3H3,(H,21,26)/t13-/m1/s1. The lowest BCUT2D eigenvalue weighted by molar-refractivity contribution is -0.119. The van der Waals surface area contributed by atoms with Crippen LogP contribution in [0.2, 0.25) is 5.02 Å². The van der Waals surface area contributed by atoms with E-state index in [4.69, 9.17) is 16.3 Å². The maximum atomic E-state index is 12.4. The van der Waals surface area contributed by atoms with Crippen molar-refractivity contribution in [2.45, 2.75) is 25.0 Å². The van der Waals surface area contributed by atoms with Crippen LogP contribution in [-0.2, 0) is 4.79 Å².